The van der Waals surface area contributed by atoms with Gasteiger partial charge in [-0.3, -0.25) is 14.3 Å². The largest absolute Gasteiger partial charge is 0.480 e. The Labute approximate surface area is 92.5 Å². The highest BCUT2D eigenvalue weighted by Gasteiger charge is 2.42. The molecule has 1 rings (SSSR count). The van der Waals surface area contributed by atoms with Crippen LogP contribution < -0.4 is 5.32 Å². The summed E-state index contributed by atoms with van der Waals surface area (Å²) in [4.78, 5) is 26.6. The zero-order valence-corrected chi connectivity index (χ0v) is 9.39. The lowest BCUT2D eigenvalue weighted by Crippen LogP contribution is -2.45. The Morgan fingerprint density at radius 3 is 2.62 bits per heavy atom. The van der Waals surface area contributed by atoms with Crippen LogP contribution in [0, 0.1) is 5.41 Å². The van der Waals surface area contributed by atoms with E-state index in [1.165, 1.54) is 25.0 Å². The van der Waals surface area contributed by atoms with Crippen LogP contribution in [0.25, 0.3) is 0 Å². The van der Waals surface area contributed by atoms with E-state index >= 15 is 0 Å². The number of carboxylic acids is 1. The molecule has 0 bridgehead atoms. The molecule has 0 aliphatic heterocycles. The normalized spacial score (nSPS) is 14.2. The first-order chi connectivity index (χ1) is 7.41. The Morgan fingerprint density at radius 1 is 1.62 bits per heavy atom. The number of carbonyl (C=O) groups excluding carboxylic acids is 1. The maximum atomic E-state index is 11.6. The molecule has 1 aromatic heterocycles. The van der Waals surface area contributed by atoms with Crippen LogP contribution in [0.2, 0.25) is 0 Å². The Hall–Kier alpha value is -1.92. The van der Waals surface area contributed by atoms with Crippen molar-refractivity contribution in [3.8, 4) is 0 Å². The van der Waals surface area contributed by atoms with Gasteiger partial charge in [0.05, 0.1) is 0 Å². The van der Waals surface area contributed by atoms with Gasteiger partial charge in [0.15, 0.2) is 5.41 Å². The summed E-state index contributed by atoms with van der Waals surface area (Å²) in [7, 11) is 3.05. The van der Waals surface area contributed by atoms with Gasteiger partial charge < -0.3 is 10.4 Å². The fraction of sp³-hybridized carbons (Fsp3) is 0.556. The molecule has 0 radical (unpaired) electrons. The number of aromatic nitrogens is 3. The number of aryl methyl sites for hydroxylation is 1. The Kier molecular flexibility index (Phi) is 3.26. The molecule has 0 fully saturated rings. The molecule has 1 atom stereocenters. The fourth-order valence-corrected chi connectivity index (χ4v) is 1.33. The van der Waals surface area contributed by atoms with Crippen LogP contribution in [-0.2, 0) is 23.1 Å². The summed E-state index contributed by atoms with van der Waals surface area (Å²) in [6.07, 6.45) is 1.32. The summed E-state index contributed by atoms with van der Waals surface area (Å²) in [5.74, 6) is -1.29. The zero-order chi connectivity index (χ0) is 12.3. The lowest BCUT2D eigenvalue weighted by Gasteiger charge is -2.21. The number of amides is 1. The Morgan fingerprint density at radius 2 is 2.25 bits per heavy atom. The average molecular weight is 226 g/mol. The molecule has 0 aliphatic rings. The molecule has 0 aliphatic carbocycles. The average Bonchev–Trinajstić information content (AvgIpc) is 2.62. The number of aliphatic carboxylic acids is 1. The van der Waals surface area contributed by atoms with Gasteiger partial charge in [-0.15, -0.1) is 0 Å². The van der Waals surface area contributed by atoms with Crippen LogP contribution in [0.4, 0.5) is 0 Å². The van der Waals surface area contributed by atoms with Crippen LogP contribution in [0.1, 0.15) is 12.7 Å². The summed E-state index contributed by atoms with van der Waals surface area (Å²) in [6, 6.07) is 0. The van der Waals surface area contributed by atoms with E-state index in [1.807, 2.05) is 0 Å². The second kappa shape index (κ2) is 4.30. The van der Waals surface area contributed by atoms with Crippen LogP contribution in [-0.4, -0.2) is 38.8 Å². The monoisotopic (exact) mass is 226 g/mol. The minimum absolute atomic E-state index is 0.00148. The molecule has 7 nitrogen and oxygen atoms in total. The van der Waals surface area contributed by atoms with Gasteiger partial charge in [0, 0.05) is 20.5 Å². The first-order valence-electron chi connectivity index (χ1n) is 4.70. The van der Waals surface area contributed by atoms with Crippen LogP contribution >= 0.6 is 0 Å². The molecule has 1 unspecified atom stereocenters. The van der Waals surface area contributed by atoms with Crippen molar-refractivity contribution in [2.45, 2.75) is 13.3 Å². The standard InChI is InChI=1S/C9H14N4O3/c1-9(8(15)16,7(14)10-2)4-6-11-5-12-13(6)3/h5H,4H2,1-3H3,(H,10,14)(H,15,16). The van der Waals surface area contributed by atoms with Gasteiger partial charge in [-0.2, -0.15) is 5.10 Å². The summed E-state index contributed by atoms with van der Waals surface area (Å²) in [6.45, 7) is 1.36. The second-order valence-electron chi connectivity index (χ2n) is 3.69. The molecule has 16 heavy (non-hydrogen) atoms. The highest BCUT2D eigenvalue weighted by atomic mass is 16.4. The first kappa shape index (κ1) is 12.2. The predicted octanol–water partition coefficient (Wildman–Crippen LogP) is -0.805. The zero-order valence-electron chi connectivity index (χ0n) is 9.39. The summed E-state index contributed by atoms with van der Waals surface area (Å²) in [5.41, 5.74) is -1.53. The van der Waals surface area contributed by atoms with Crippen LogP contribution in [0.3, 0.4) is 0 Å². The Balaban J connectivity index is 3.01. The third-order valence-electron chi connectivity index (χ3n) is 2.52. The van der Waals surface area contributed by atoms with Crippen LogP contribution in [0.5, 0.6) is 0 Å². The fourth-order valence-electron chi connectivity index (χ4n) is 1.33. The third kappa shape index (κ3) is 2.02. The van der Waals surface area contributed by atoms with Crippen molar-refractivity contribution in [2.24, 2.45) is 12.5 Å². The topological polar surface area (TPSA) is 97.1 Å². The van der Waals surface area contributed by atoms with Gasteiger partial charge in [0.25, 0.3) is 0 Å². The lowest BCUT2D eigenvalue weighted by atomic mass is 9.85. The molecule has 7 heteroatoms. The SMILES string of the molecule is CNC(=O)C(C)(Cc1ncnn1C)C(=O)O. The maximum absolute atomic E-state index is 11.6. The molecule has 0 spiro atoms. The molecule has 0 saturated carbocycles. The Bertz CT molecular complexity index is 415. The van der Waals surface area contributed by atoms with E-state index in [1.54, 1.807) is 7.05 Å². The molecule has 88 valence electrons. The van der Waals surface area contributed by atoms with Gasteiger partial charge in [-0.05, 0) is 6.92 Å². The van der Waals surface area contributed by atoms with Crippen molar-refractivity contribution in [1.82, 2.24) is 20.1 Å². The van der Waals surface area contributed by atoms with E-state index in [4.69, 9.17) is 5.11 Å². The highest BCUT2D eigenvalue weighted by molar-refractivity contribution is 6.01. The molecule has 0 aromatic carbocycles. The van der Waals surface area contributed by atoms with E-state index in [0.29, 0.717) is 5.82 Å². The maximum Gasteiger partial charge on any atom is 0.319 e. The van der Waals surface area contributed by atoms with E-state index < -0.39 is 17.3 Å². The van der Waals surface area contributed by atoms with Gasteiger partial charge in [-0.25, -0.2) is 4.98 Å². The van der Waals surface area contributed by atoms with Gasteiger partial charge in [0.1, 0.15) is 12.2 Å². The second-order valence-corrected chi connectivity index (χ2v) is 3.69. The van der Waals surface area contributed by atoms with E-state index in [-0.39, 0.29) is 6.42 Å². The molecular formula is C9H14N4O3. The van der Waals surface area contributed by atoms with Crippen molar-refractivity contribution in [1.29, 1.82) is 0 Å². The van der Waals surface area contributed by atoms with Gasteiger partial charge in [-0.1, -0.05) is 0 Å². The number of nitrogens with zero attached hydrogens (tertiary/aromatic N) is 3. The third-order valence-corrected chi connectivity index (χ3v) is 2.52. The number of carbonyl (C=O) groups is 2. The van der Waals surface area contributed by atoms with Crippen LogP contribution in [0.15, 0.2) is 6.33 Å². The number of hydrogen-bond acceptors (Lipinski definition) is 4. The quantitative estimate of drug-likeness (QED) is 0.655. The number of carboxylic acid groups (broad SMARTS) is 1. The number of hydrogen-bond donors (Lipinski definition) is 2. The summed E-state index contributed by atoms with van der Waals surface area (Å²) in [5, 5.41) is 15.3. The van der Waals surface area contributed by atoms with Crippen molar-refractivity contribution in [3.05, 3.63) is 12.2 Å². The molecule has 1 aromatic rings. The molecule has 0 saturated heterocycles. The molecule has 1 heterocycles. The highest BCUT2D eigenvalue weighted by Crippen LogP contribution is 2.22. The summed E-state index contributed by atoms with van der Waals surface area (Å²) >= 11 is 0. The van der Waals surface area contributed by atoms with E-state index in [0.717, 1.165) is 0 Å². The molecule has 2 N–H and O–H groups in total. The van der Waals surface area contributed by atoms with E-state index in [2.05, 4.69) is 15.4 Å². The lowest BCUT2D eigenvalue weighted by molar-refractivity contribution is -0.154. The smallest absolute Gasteiger partial charge is 0.319 e. The van der Waals surface area contributed by atoms with Crippen molar-refractivity contribution in [3.63, 3.8) is 0 Å². The van der Waals surface area contributed by atoms with Crippen molar-refractivity contribution < 1.29 is 14.7 Å². The van der Waals surface area contributed by atoms with E-state index in [9.17, 15) is 9.59 Å². The van der Waals surface area contributed by atoms with Gasteiger partial charge in [0.2, 0.25) is 5.91 Å². The molecular weight excluding hydrogens is 212 g/mol. The predicted molar refractivity (Wildman–Crippen MR) is 54.5 cm³/mol. The van der Waals surface area contributed by atoms with Crippen molar-refractivity contribution in [2.75, 3.05) is 7.05 Å². The minimum atomic E-state index is -1.53. The minimum Gasteiger partial charge on any atom is -0.480 e. The number of rotatable bonds is 4. The van der Waals surface area contributed by atoms with Crippen molar-refractivity contribution >= 4 is 11.9 Å². The van der Waals surface area contributed by atoms with Gasteiger partial charge >= 0.3 is 5.97 Å². The number of nitrogens with one attached hydrogen (secondary N) is 1. The first-order valence-corrected chi connectivity index (χ1v) is 4.70. The molecule has 1 amide bonds. The summed E-state index contributed by atoms with van der Waals surface area (Å²) < 4.78 is 1.45.